The summed E-state index contributed by atoms with van der Waals surface area (Å²) in [5.41, 5.74) is 2.70. The predicted molar refractivity (Wildman–Crippen MR) is 114 cm³/mol. The molecule has 0 atom stereocenters. The van der Waals surface area contributed by atoms with Gasteiger partial charge in [-0.1, -0.05) is 36.4 Å². The Hall–Kier alpha value is -1.20. The highest BCUT2D eigenvalue weighted by Gasteiger charge is 2.13. The molecule has 120 valence electrons. The van der Waals surface area contributed by atoms with Gasteiger partial charge in [0.15, 0.2) is 0 Å². The third-order valence-corrected chi connectivity index (χ3v) is 7.90. The Bertz CT molecular complexity index is 885. The molecule has 4 aromatic rings. The van der Waals surface area contributed by atoms with E-state index in [-0.39, 0.29) is 0 Å². The molecule has 0 bridgehead atoms. The summed E-state index contributed by atoms with van der Waals surface area (Å²) in [6, 6.07) is 22.0. The summed E-state index contributed by atoms with van der Waals surface area (Å²) in [5, 5.41) is 0. The smallest absolute Gasteiger partial charge is 0.0463 e. The van der Waals surface area contributed by atoms with Crippen molar-refractivity contribution in [2.24, 2.45) is 0 Å². The summed E-state index contributed by atoms with van der Waals surface area (Å²) in [5.74, 6) is 0. The number of hydrogen-bond donors (Lipinski definition) is 0. The number of rotatable bonds is 4. The van der Waals surface area contributed by atoms with Crippen molar-refractivity contribution in [3.63, 3.8) is 0 Å². The topological polar surface area (TPSA) is 0 Å². The van der Waals surface area contributed by atoms with Crippen molar-refractivity contribution in [3.8, 4) is 20.9 Å². The lowest BCUT2D eigenvalue weighted by Gasteiger charge is -2.04. The van der Waals surface area contributed by atoms with E-state index in [2.05, 4.69) is 73.2 Å². The van der Waals surface area contributed by atoms with Crippen LogP contribution in [0.2, 0.25) is 0 Å². The first-order chi connectivity index (χ1) is 11.8. The van der Waals surface area contributed by atoms with Crippen molar-refractivity contribution < 1.29 is 0 Å². The average Bonchev–Trinajstić information content (AvgIpc) is 3.20. The minimum absolute atomic E-state index is 1.35. The third-order valence-electron chi connectivity index (χ3n) is 3.95. The van der Waals surface area contributed by atoms with Crippen LogP contribution in [0.5, 0.6) is 0 Å². The summed E-state index contributed by atoms with van der Waals surface area (Å²) >= 11 is 7.43. The van der Waals surface area contributed by atoms with Gasteiger partial charge in [0, 0.05) is 40.1 Å². The molecule has 0 aliphatic carbocycles. The molecule has 0 spiro atoms. The maximum absolute atomic E-state index is 2.35. The highest BCUT2D eigenvalue weighted by atomic mass is 32.2. The normalized spacial score (nSPS) is 11.2. The highest BCUT2D eigenvalue weighted by Crippen LogP contribution is 2.44. The SMILES string of the molecule is CSc1ccccc1-c1cc2sc(-c3ccccc3SC)cc2s1. The fraction of sp³-hybridized carbons (Fsp3) is 0.100. The van der Waals surface area contributed by atoms with Gasteiger partial charge in [0.05, 0.1) is 0 Å². The van der Waals surface area contributed by atoms with Crippen molar-refractivity contribution in [2.75, 3.05) is 12.5 Å². The average molecular weight is 385 g/mol. The van der Waals surface area contributed by atoms with Crippen LogP contribution in [0, 0.1) is 0 Å². The van der Waals surface area contributed by atoms with Crippen LogP contribution in [0.4, 0.5) is 0 Å². The summed E-state index contributed by atoms with van der Waals surface area (Å²) in [6.07, 6.45) is 4.29. The summed E-state index contributed by atoms with van der Waals surface area (Å²) in [4.78, 5) is 5.43. The quantitative estimate of drug-likeness (QED) is 0.330. The van der Waals surface area contributed by atoms with E-state index >= 15 is 0 Å². The summed E-state index contributed by atoms with van der Waals surface area (Å²) in [7, 11) is 0. The molecule has 0 aliphatic rings. The van der Waals surface area contributed by atoms with E-state index in [4.69, 9.17) is 0 Å². The summed E-state index contributed by atoms with van der Waals surface area (Å²) in [6.45, 7) is 0. The Morgan fingerprint density at radius 3 is 1.46 bits per heavy atom. The van der Waals surface area contributed by atoms with Crippen molar-refractivity contribution in [2.45, 2.75) is 9.79 Å². The minimum Gasteiger partial charge on any atom is -0.134 e. The molecule has 0 saturated heterocycles. The van der Waals surface area contributed by atoms with E-state index in [1.807, 2.05) is 46.2 Å². The Labute approximate surface area is 158 Å². The van der Waals surface area contributed by atoms with Gasteiger partial charge in [-0.05, 0) is 36.8 Å². The van der Waals surface area contributed by atoms with E-state index in [9.17, 15) is 0 Å². The first-order valence-corrected chi connectivity index (χ1v) is 11.7. The first-order valence-electron chi connectivity index (χ1n) is 7.60. The van der Waals surface area contributed by atoms with Crippen molar-refractivity contribution >= 4 is 55.6 Å². The van der Waals surface area contributed by atoms with Gasteiger partial charge in [-0.25, -0.2) is 0 Å². The highest BCUT2D eigenvalue weighted by molar-refractivity contribution is 7.99. The second kappa shape index (κ2) is 6.96. The van der Waals surface area contributed by atoms with Crippen LogP contribution >= 0.6 is 46.2 Å². The second-order valence-corrected chi connectivity index (χ2v) is 9.21. The van der Waals surface area contributed by atoms with Gasteiger partial charge in [-0.3, -0.25) is 0 Å². The molecule has 2 aromatic heterocycles. The fourth-order valence-corrected chi connectivity index (χ4v) is 6.63. The van der Waals surface area contributed by atoms with Crippen LogP contribution in [-0.2, 0) is 0 Å². The molecule has 0 aliphatic heterocycles. The molecule has 0 fully saturated rings. The van der Waals surface area contributed by atoms with Gasteiger partial charge in [0.1, 0.15) is 0 Å². The third kappa shape index (κ3) is 2.93. The Morgan fingerprint density at radius 1 is 0.625 bits per heavy atom. The molecule has 24 heavy (non-hydrogen) atoms. The van der Waals surface area contributed by atoms with E-state index in [0.29, 0.717) is 0 Å². The zero-order valence-corrected chi connectivity index (χ0v) is 16.7. The van der Waals surface area contributed by atoms with Gasteiger partial charge >= 0.3 is 0 Å². The number of thioether (sulfide) groups is 2. The van der Waals surface area contributed by atoms with Gasteiger partial charge in [0.2, 0.25) is 0 Å². The van der Waals surface area contributed by atoms with E-state index < -0.39 is 0 Å². The van der Waals surface area contributed by atoms with Crippen LogP contribution in [0.3, 0.4) is 0 Å². The van der Waals surface area contributed by atoms with Crippen LogP contribution < -0.4 is 0 Å². The molecular formula is C20H16S4. The molecule has 0 N–H and O–H groups in total. The van der Waals surface area contributed by atoms with E-state index in [0.717, 1.165) is 0 Å². The number of thiophene rings is 2. The summed E-state index contributed by atoms with van der Waals surface area (Å²) < 4.78 is 2.77. The predicted octanol–water partition coefficient (Wildman–Crippen LogP) is 7.74. The van der Waals surface area contributed by atoms with Gasteiger partial charge in [-0.15, -0.1) is 46.2 Å². The van der Waals surface area contributed by atoms with Crippen LogP contribution in [0.15, 0.2) is 70.5 Å². The molecule has 0 saturated carbocycles. The zero-order chi connectivity index (χ0) is 16.5. The van der Waals surface area contributed by atoms with Gasteiger partial charge in [-0.2, -0.15) is 0 Å². The zero-order valence-electron chi connectivity index (χ0n) is 13.4. The second-order valence-electron chi connectivity index (χ2n) is 5.35. The van der Waals surface area contributed by atoms with Crippen LogP contribution in [0.1, 0.15) is 0 Å². The minimum atomic E-state index is 1.35. The van der Waals surface area contributed by atoms with Crippen molar-refractivity contribution in [3.05, 3.63) is 60.7 Å². The van der Waals surface area contributed by atoms with E-state index in [1.165, 1.54) is 40.1 Å². The van der Waals surface area contributed by atoms with Crippen molar-refractivity contribution in [1.29, 1.82) is 0 Å². The number of fused-ring (bicyclic) bond motifs is 1. The van der Waals surface area contributed by atoms with E-state index in [1.54, 1.807) is 0 Å². The lowest BCUT2D eigenvalue weighted by molar-refractivity contribution is 1.47. The van der Waals surface area contributed by atoms with Gasteiger partial charge < -0.3 is 0 Å². The fourth-order valence-electron chi connectivity index (χ4n) is 2.80. The molecule has 2 aromatic carbocycles. The maximum Gasteiger partial charge on any atom is 0.0463 e. The Kier molecular flexibility index (Phi) is 4.72. The largest absolute Gasteiger partial charge is 0.134 e. The molecule has 0 amide bonds. The van der Waals surface area contributed by atoms with Crippen molar-refractivity contribution in [1.82, 2.24) is 0 Å². The standard InChI is InChI=1S/C20H16S4/c1-21-15-9-5-3-7-13(15)17-11-19-20(23-17)12-18(24-19)14-8-4-6-10-16(14)22-2/h3-12H,1-2H3. The molecule has 0 radical (unpaired) electrons. The Morgan fingerprint density at radius 2 is 1.04 bits per heavy atom. The lowest BCUT2D eigenvalue weighted by atomic mass is 10.2. The number of hydrogen-bond acceptors (Lipinski definition) is 4. The molecule has 4 rings (SSSR count). The maximum atomic E-state index is 2.35. The molecule has 0 unspecified atom stereocenters. The molecule has 0 nitrogen and oxygen atoms in total. The lowest BCUT2D eigenvalue weighted by Crippen LogP contribution is -1.77. The number of benzene rings is 2. The monoisotopic (exact) mass is 384 g/mol. The van der Waals surface area contributed by atoms with Crippen LogP contribution in [0.25, 0.3) is 30.3 Å². The van der Waals surface area contributed by atoms with Gasteiger partial charge in [0.25, 0.3) is 0 Å². The molecule has 2 heterocycles. The molecule has 4 heteroatoms. The Balaban J connectivity index is 1.78. The molecular weight excluding hydrogens is 368 g/mol. The first kappa shape index (κ1) is 16.3. The van der Waals surface area contributed by atoms with Crippen LogP contribution in [-0.4, -0.2) is 12.5 Å².